The number of halogens is 1. The maximum atomic E-state index is 4.03. The fraction of sp³-hybridized carbons (Fsp3) is 1.00. The molecule has 162 valence electrons. The minimum atomic E-state index is 0.637. The van der Waals surface area contributed by atoms with Crippen molar-refractivity contribution in [1.29, 1.82) is 0 Å². The Morgan fingerprint density at radius 3 is 2.29 bits per heavy atom. The van der Waals surface area contributed by atoms with Gasteiger partial charge in [0.25, 0.3) is 0 Å². The third-order valence-corrected chi connectivity index (χ3v) is 11.5. The Balaban J connectivity index is 1.47. The minimum absolute atomic E-state index is 0.637. The van der Waals surface area contributed by atoms with Gasteiger partial charge in [0, 0.05) is 4.83 Å². The van der Waals surface area contributed by atoms with Gasteiger partial charge in [-0.15, -0.1) is 0 Å². The van der Waals surface area contributed by atoms with Crippen LogP contribution in [0.2, 0.25) is 0 Å². The van der Waals surface area contributed by atoms with Crippen molar-refractivity contribution in [2.75, 3.05) is 0 Å². The predicted octanol–water partition coefficient (Wildman–Crippen LogP) is 8.87. The van der Waals surface area contributed by atoms with Gasteiger partial charge in [0.05, 0.1) is 0 Å². The highest BCUT2D eigenvalue weighted by molar-refractivity contribution is 9.09. The average molecular weight is 452 g/mol. The van der Waals surface area contributed by atoms with E-state index in [1.165, 1.54) is 51.4 Å². The average Bonchev–Trinajstić information content (AvgIpc) is 2.98. The smallest absolute Gasteiger partial charge is 0.0151 e. The topological polar surface area (TPSA) is 0 Å². The van der Waals surface area contributed by atoms with Crippen LogP contribution in [-0.4, -0.2) is 4.83 Å². The van der Waals surface area contributed by atoms with Crippen LogP contribution in [0.15, 0.2) is 0 Å². The molecule has 4 saturated carbocycles. The van der Waals surface area contributed by atoms with Crippen LogP contribution in [0.1, 0.15) is 112 Å². The Labute approximate surface area is 184 Å². The third-order valence-electron chi connectivity index (χ3n) is 10.8. The maximum Gasteiger partial charge on any atom is 0.0151 e. The molecule has 0 aliphatic heterocycles. The van der Waals surface area contributed by atoms with E-state index in [1.54, 1.807) is 25.7 Å². The van der Waals surface area contributed by atoms with Crippen LogP contribution in [-0.2, 0) is 0 Å². The molecule has 0 bridgehead atoms. The number of alkyl halides is 1. The molecule has 0 saturated heterocycles. The number of rotatable bonds is 5. The molecule has 4 rings (SSSR count). The van der Waals surface area contributed by atoms with E-state index >= 15 is 0 Å². The van der Waals surface area contributed by atoms with Gasteiger partial charge in [-0.1, -0.05) is 69.8 Å². The van der Waals surface area contributed by atoms with Crippen molar-refractivity contribution in [1.82, 2.24) is 0 Å². The van der Waals surface area contributed by atoms with E-state index in [0.29, 0.717) is 10.8 Å². The summed E-state index contributed by atoms with van der Waals surface area (Å²) in [5.74, 6) is 6.96. The van der Waals surface area contributed by atoms with E-state index in [-0.39, 0.29) is 0 Å². The summed E-state index contributed by atoms with van der Waals surface area (Å²) in [5, 5.41) is 0. The lowest BCUT2D eigenvalue weighted by Gasteiger charge is -2.61. The van der Waals surface area contributed by atoms with Crippen LogP contribution in [0.25, 0.3) is 0 Å². The Hall–Kier alpha value is 0.480. The van der Waals surface area contributed by atoms with E-state index in [2.05, 4.69) is 50.5 Å². The van der Waals surface area contributed by atoms with Gasteiger partial charge >= 0.3 is 0 Å². The molecule has 1 heteroatoms. The van der Waals surface area contributed by atoms with Gasteiger partial charge in [-0.05, 0) is 110 Å². The van der Waals surface area contributed by atoms with Crippen molar-refractivity contribution < 1.29 is 0 Å². The predicted molar refractivity (Wildman–Crippen MR) is 126 cm³/mol. The van der Waals surface area contributed by atoms with Gasteiger partial charge in [-0.25, -0.2) is 0 Å². The first kappa shape index (κ1) is 21.7. The molecule has 0 radical (unpaired) electrons. The first-order valence-electron chi connectivity index (χ1n) is 12.9. The van der Waals surface area contributed by atoms with Crippen molar-refractivity contribution in [2.24, 2.45) is 52.3 Å². The first-order chi connectivity index (χ1) is 13.3. The normalized spacial score (nSPS) is 49.4. The zero-order valence-electron chi connectivity index (χ0n) is 19.5. The lowest BCUT2D eigenvalue weighted by atomic mass is 9.44. The van der Waals surface area contributed by atoms with E-state index < -0.39 is 0 Å². The minimum Gasteiger partial charge on any atom is -0.0890 e. The molecule has 9 atom stereocenters. The second kappa shape index (κ2) is 8.20. The molecule has 0 aromatic rings. The Kier molecular flexibility index (Phi) is 6.35. The van der Waals surface area contributed by atoms with Crippen LogP contribution in [0.3, 0.4) is 0 Å². The molecule has 4 fully saturated rings. The van der Waals surface area contributed by atoms with Crippen molar-refractivity contribution in [2.45, 2.75) is 116 Å². The van der Waals surface area contributed by atoms with Crippen molar-refractivity contribution in [3.8, 4) is 0 Å². The second-order valence-electron chi connectivity index (χ2n) is 12.6. The molecule has 4 aliphatic rings. The molecule has 0 spiro atoms. The van der Waals surface area contributed by atoms with E-state index in [1.807, 2.05) is 0 Å². The van der Waals surface area contributed by atoms with Crippen LogP contribution < -0.4 is 0 Å². The van der Waals surface area contributed by atoms with Crippen LogP contribution >= 0.6 is 15.9 Å². The van der Waals surface area contributed by atoms with E-state index in [9.17, 15) is 0 Å². The fourth-order valence-electron chi connectivity index (χ4n) is 9.31. The summed E-state index contributed by atoms with van der Waals surface area (Å²) < 4.78 is 0. The van der Waals surface area contributed by atoms with Gasteiger partial charge in [0.15, 0.2) is 0 Å². The Bertz CT molecular complexity index is 540. The number of hydrogen-bond acceptors (Lipinski definition) is 0. The summed E-state index contributed by atoms with van der Waals surface area (Å²) in [6.45, 7) is 12.8. The molecule has 0 aromatic heterocycles. The molecule has 0 aromatic carbocycles. The standard InChI is InChI=1S/C27H47Br/c1-18(2)7-6-8-19(3)23-13-14-24-22-12-10-20-9-11-21(28)17-27(20,5)25(22)15-16-26(23,24)4/h18-25H,6-17H2,1-5H3/t19-,20?,21?,22+,23-,24+,25+,26-,27+/m1/s1. The molecule has 0 heterocycles. The summed E-state index contributed by atoms with van der Waals surface area (Å²) in [4.78, 5) is 0.790. The second-order valence-corrected chi connectivity index (χ2v) is 13.9. The van der Waals surface area contributed by atoms with Gasteiger partial charge in [-0.3, -0.25) is 0 Å². The van der Waals surface area contributed by atoms with Crippen molar-refractivity contribution >= 4 is 15.9 Å². The van der Waals surface area contributed by atoms with Crippen molar-refractivity contribution in [3.63, 3.8) is 0 Å². The molecule has 0 nitrogen and oxygen atoms in total. The van der Waals surface area contributed by atoms with Gasteiger partial charge in [0.1, 0.15) is 0 Å². The van der Waals surface area contributed by atoms with Crippen LogP contribution in [0, 0.1) is 52.3 Å². The third kappa shape index (κ3) is 3.67. The summed E-state index contributed by atoms with van der Waals surface area (Å²) in [5.41, 5.74) is 1.29. The number of fused-ring (bicyclic) bond motifs is 5. The van der Waals surface area contributed by atoms with Crippen molar-refractivity contribution in [3.05, 3.63) is 0 Å². The molecule has 4 aliphatic carbocycles. The zero-order chi connectivity index (χ0) is 20.1. The highest BCUT2D eigenvalue weighted by atomic mass is 79.9. The SMILES string of the molecule is CC(C)CCC[C@@H](C)[C@H]1CC[C@H]2[C@@H]3CCC4CCC(Br)C[C@]4(C)[C@H]3CC[C@]12C. The van der Waals surface area contributed by atoms with Gasteiger partial charge in [0.2, 0.25) is 0 Å². The Morgan fingerprint density at radius 2 is 1.54 bits per heavy atom. The molecule has 2 unspecified atom stereocenters. The molecule has 0 amide bonds. The monoisotopic (exact) mass is 450 g/mol. The fourth-order valence-corrected chi connectivity index (χ4v) is 10.3. The lowest BCUT2D eigenvalue weighted by molar-refractivity contribution is -0.113. The van der Waals surface area contributed by atoms with Crippen LogP contribution in [0.5, 0.6) is 0 Å². The summed E-state index contributed by atoms with van der Waals surface area (Å²) >= 11 is 4.03. The zero-order valence-corrected chi connectivity index (χ0v) is 21.1. The maximum absolute atomic E-state index is 4.03. The van der Waals surface area contributed by atoms with E-state index in [0.717, 1.165) is 46.3 Å². The van der Waals surface area contributed by atoms with E-state index in [4.69, 9.17) is 0 Å². The first-order valence-corrected chi connectivity index (χ1v) is 13.8. The lowest BCUT2D eigenvalue weighted by Crippen LogP contribution is -2.54. The summed E-state index contributed by atoms with van der Waals surface area (Å²) in [6, 6.07) is 0. The molecular weight excluding hydrogens is 404 g/mol. The highest BCUT2D eigenvalue weighted by Crippen LogP contribution is 2.68. The largest absolute Gasteiger partial charge is 0.0890 e. The Morgan fingerprint density at radius 1 is 0.821 bits per heavy atom. The van der Waals surface area contributed by atoms with Gasteiger partial charge < -0.3 is 0 Å². The van der Waals surface area contributed by atoms with Crippen LogP contribution in [0.4, 0.5) is 0 Å². The molecule has 28 heavy (non-hydrogen) atoms. The van der Waals surface area contributed by atoms with Gasteiger partial charge in [-0.2, -0.15) is 0 Å². The molecule has 0 N–H and O–H groups in total. The quantitative estimate of drug-likeness (QED) is 0.366. The number of hydrogen-bond donors (Lipinski definition) is 0. The molecular formula is C27H47Br. The summed E-state index contributed by atoms with van der Waals surface area (Å²) in [6.07, 6.45) is 18.0. The highest BCUT2D eigenvalue weighted by Gasteiger charge is 2.60. The summed E-state index contributed by atoms with van der Waals surface area (Å²) in [7, 11) is 0.